The first-order valence-electron chi connectivity index (χ1n) is 3.93. The molecule has 2 aromatic rings. The van der Waals surface area contributed by atoms with Crippen molar-refractivity contribution in [2.24, 2.45) is 0 Å². The molecule has 2 rings (SSSR count). The Morgan fingerprint density at radius 1 is 1.23 bits per heavy atom. The normalized spacial score (nSPS) is 10.2. The smallest absolute Gasteiger partial charge is 0.135 e. The third-order valence-corrected chi connectivity index (χ3v) is 1.70. The van der Waals surface area contributed by atoms with E-state index in [1.807, 2.05) is 30.3 Å². The molecule has 1 heterocycles. The summed E-state index contributed by atoms with van der Waals surface area (Å²) in [5.41, 5.74) is 1.23. The predicted molar refractivity (Wildman–Crippen MR) is 46.2 cm³/mol. The molecular weight excluding hydrogens is 169 g/mol. The number of alkyl halides is 1. The zero-order chi connectivity index (χ0) is 9.10. The van der Waals surface area contributed by atoms with Crippen molar-refractivity contribution < 1.29 is 4.39 Å². The highest BCUT2D eigenvalue weighted by atomic mass is 19.1. The van der Waals surface area contributed by atoms with Gasteiger partial charge in [-0.25, -0.2) is 9.07 Å². The first-order chi connectivity index (χ1) is 6.40. The molecule has 0 saturated carbocycles. The molecule has 0 aliphatic heterocycles. The van der Waals surface area contributed by atoms with Crippen LogP contribution in [-0.4, -0.2) is 15.0 Å². The highest BCUT2D eigenvalue weighted by molar-refractivity contribution is 5.29. The summed E-state index contributed by atoms with van der Waals surface area (Å²) in [5, 5.41) is 7.43. The lowest BCUT2D eigenvalue weighted by Crippen LogP contribution is -1.93. The highest BCUT2D eigenvalue weighted by Gasteiger charge is 2.00. The van der Waals surface area contributed by atoms with E-state index >= 15 is 0 Å². The third kappa shape index (κ3) is 1.56. The van der Waals surface area contributed by atoms with E-state index in [4.69, 9.17) is 0 Å². The second-order valence-electron chi connectivity index (χ2n) is 2.62. The number of hydrogen-bond acceptors (Lipinski definition) is 2. The van der Waals surface area contributed by atoms with E-state index in [0.29, 0.717) is 5.69 Å². The Labute approximate surface area is 74.8 Å². The zero-order valence-corrected chi connectivity index (χ0v) is 6.89. The molecule has 1 aromatic heterocycles. The topological polar surface area (TPSA) is 30.7 Å². The van der Waals surface area contributed by atoms with Crippen LogP contribution in [0.25, 0.3) is 5.69 Å². The summed E-state index contributed by atoms with van der Waals surface area (Å²) in [7, 11) is 0. The van der Waals surface area contributed by atoms with Crippen LogP contribution in [0.4, 0.5) is 4.39 Å². The second kappa shape index (κ2) is 3.35. The van der Waals surface area contributed by atoms with Crippen molar-refractivity contribution >= 4 is 0 Å². The number of hydrogen-bond donors (Lipinski definition) is 0. The van der Waals surface area contributed by atoms with Crippen LogP contribution in [0.3, 0.4) is 0 Å². The average Bonchev–Trinajstić information content (AvgIpc) is 2.67. The molecule has 0 atom stereocenters. The van der Waals surface area contributed by atoms with Crippen molar-refractivity contribution in [3.05, 3.63) is 42.2 Å². The van der Waals surface area contributed by atoms with E-state index in [9.17, 15) is 4.39 Å². The highest BCUT2D eigenvalue weighted by Crippen LogP contribution is 2.05. The Balaban J connectivity index is 2.36. The molecule has 0 saturated heterocycles. The van der Waals surface area contributed by atoms with Gasteiger partial charge in [-0.2, -0.15) is 0 Å². The summed E-state index contributed by atoms with van der Waals surface area (Å²) >= 11 is 0. The molecule has 13 heavy (non-hydrogen) atoms. The first kappa shape index (κ1) is 7.91. The van der Waals surface area contributed by atoms with E-state index in [2.05, 4.69) is 10.3 Å². The lowest BCUT2D eigenvalue weighted by atomic mass is 10.3. The summed E-state index contributed by atoms with van der Waals surface area (Å²) < 4.78 is 13.7. The fourth-order valence-corrected chi connectivity index (χ4v) is 1.07. The van der Waals surface area contributed by atoms with Gasteiger partial charge in [-0.1, -0.05) is 23.4 Å². The van der Waals surface area contributed by atoms with Crippen molar-refractivity contribution in [3.8, 4) is 5.69 Å². The van der Waals surface area contributed by atoms with Crippen molar-refractivity contribution in [2.45, 2.75) is 6.67 Å². The minimum Gasteiger partial charge on any atom is -0.244 e. The quantitative estimate of drug-likeness (QED) is 0.699. The summed E-state index contributed by atoms with van der Waals surface area (Å²) in [5.74, 6) is 0. The minimum atomic E-state index is -0.577. The third-order valence-electron chi connectivity index (χ3n) is 1.70. The van der Waals surface area contributed by atoms with Gasteiger partial charge in [-0.05, 0) is 12.1 Å². The van der Waals surface area contributed by atoms with Gasteiger partial charge < -0.3 is 0 Å². The molecule has 66 valence electrons. The lowest BCUT2D eigenvalue weighted by Gasteiger charge is -1.96. The molecular formula is C9H8FN3. The van der Waals surface area contributed by atoms with Gasteiger partial charge in [-0.3, -0.25) is 0 Å². The number of nitrogens with zero attached hydrogens (tertiary/aromatic N) is 3. The minimum absolute atomic E-state index is 0.351. The van der Waals surface area contributed by atoms with Gasteiger partial charge in [0.25, 0.3) is 0 Å². The van der Waals surface area contributed by atoms with Crippen LogP contribution in [0.15, 0.2) is 36.5 Å². The van der Waals surface area contributed by atoms with Crippen LogP contribution >= 0.6 is 0 Å². The molecule has 3 nitrogen and oxygen atoms in total. The van der Waals surface area contributed by atoms with E-state index < -0.39 is 6.67 Å². The molecule has 0 spiro atoms. The first-order valence-corrected chi connectivity index (χ1v) is 3.93. The van der Waals surface area contributed by atoms with Gasteiger partial charge in [0, 0.05) is 0 Å². The number of para-hydroxylation sites is 1. The number of rotatable bonds is 2. The van der Waals surface area contributed by atoms with Gasteiger partial charge in [0.2, 0.25) is 0 Å². The van der Waals surface area contributed by atoms with Crippen LogP contribution in [0.2, 0.25) is 0 Å². The van der Waals surface area contributed by atoms with E-state index in [0.717, 1.165) is 5.69 Å². The Hall–Kier alpha value is -1.71. The molecule has 0 aliphatic rings. The predicted octanol–water partition coefficient (Wildman–Crippen LogP) is 1.74. The van der Waals surface area contributed by atoms with Gasteiger partial charge in [-0.15, -0.1) is 5.10 Å². The fourth-order valence-electron chi connectivity index (χ4n) is 1.07. The summed E-state index contributed by atoms with van der Waals surface area (Å²) in [6, 6.07) is 9.47. The van der Waals surface area contributed by atoms with Gasteiger partial charge in [0.05, 0.1) is 11.9 Å². The van der Waals surface area contributed by atoms with Crippen LogP contribution < -0.4 is 0 Å². The number of halogens is 1. The van der Waals surface area contributed by atoms with Crippen LogP contribution in [0.1, 0.15) is 5.69 Å². The molecule has 0 radical (unpaired) electrons. The van der Waals surface area contributed by atoms with Crippen LogP contribution in [0, 0.1) is 0 Å². The van der Waals surface area contributed by atoms with Crippen molar-refractivity contribution in [2.75, 3.05) is 0 Å². The summed E-state index contributed by atoms with van der Waals surface area (Å²) in [4.78, 5) is 0. The standard InChI is InChI=1S/C9H8FN3/c10-6-8-7-13(12-11-8)9-4-2-1-3-5-9/h1-5,7H,6H2. The van der Waals surface area contributed by atoms with Gasteiger partial charge in [0.15, 0.2) is 0 Å². The molecule has 0 bridgehead atoms. The Kier molecular flexibility index (Phi) is 2.04. The van der Waals surface area contributed by atoms with Crippen molar-refractivity contribution in [3.63, 3.8) is 0 Å². The van der Waals surface area contributed by atoms with Gasteiger partial charge in [0.1, 0.15) is 12.4 Å². The molecule has 1 aromatic carbocycles. The molecule has 0 aliphatic carbocycles. The average molecular weight is 177 g/mol. The second-order valence-corrected chi connectivity index (χ2v) is 2.62. The van der Waals surface area contributed by atoms with Crippen LogP contribution in [-0.2, 0) is 6.67 Å². The number of benzene rings is 1. The molecule has 0 N–H and O–H groups in total. The Morgan fingerprint density at radius 3 is 2.62 bits per heavy atom. The maximum Gasteiger partial charge on any atom is 0.135 e. The summed E-state index contributed by atoms with van der Waals surface area (Å²) in [6.45, 7) is -0.577. The largest absolute Gasteiger partial charge is 0.244 e. The van der Waals surface area contributed by atoms with E-state index in [-0.39, 0.29) is 0 Å². The van der Waals surface area contributed by atoms with Gasteiger partial charge >= 0.3 is 0 Å². The molecule has 0 amide bonds. The molecule has 4 heteroatoms. The van der Waals surface area contributed by atoms with E-state index in [1.54, 1.807) is 10.9 Å². The molecule has 0 unspecified atom stereocenters. The van der Waals surface area contributed by atoms with Crippen molar-refractivity contribution in [1.82, 2.24) is 15.0 Å². The van der Waals surface area contributed by atoms with E-state index in [1.165, 1.54) is 0 Å². The number of aromatic nitrogens is 3. The fraction of sp³-hybridized carbons (Fsp3) is 0.111. The summed E-state index contributed by atoms with van der Waals surface area (Å²) in [6.07, 6.45) is 1.58. The SMILES string of the molecule is FCc1cn(-c2ccccc2)nn1. The zero-order valence-electron chi connectivity index (χ0n) is 6.89. The monoisotopic (exact) mass is 177 g/mol. The Morgan fingerprint density at radius 2 is 2.00 bits per heavy atom. The Bertz CT molecular complexity index is 383. The van der Waals surface area contributed by atoms with Crippen LogP contribution in [0.5, 0.6) is 0 Å². The van der Waals surface area contributed by atoms with Crippen molar-refractivity contribution in [1.29, 1.82) is 0 Å². The maximum atomic E-state index is 12.1. The molecule has 0 fully saturated rings. The maximum absolute atomic E-state index is 12.1. The lowest BCUT2D eigenvalue weighted by molar-refractivity contribution is 0.475.